The molecular weight excluding hydrogens is 588 g/mol. The molecule has 12 heteroatoms. The van der Waals surface area contributed by atoms with Crippen molar-refractivity contribution in [3.63, 3.8) is 0 Å². The Labute approximate surface area is 256 Å². The number of nitrogens with zero attached hydrogens (tertiary/aromatic N) is 1. The first kappa shape index (κ1) is 33.9. The van der Waals surface area contributed by atoms with E-state index in [-0.39, 0.29) is 29.2 Å². The molecule has 1 heterocycles. The van der Waals surface area contributed by atoms with Crippen LogP contribution in [0.2, 0.25) is 10.0 Å². The molecule has 0 aromatic heterocycles. The van der Waals surface area contributed by atoms with Crippen LogP contribution in [0.4, 0.5) is 14.9 Å². The van der Waals surface area contributed by atoms with Gasteiger partial charge in [-0.15, -0.1) is 0 Å². The van der Waals surface area contributed by atoms with E-state index in [1.807, 2.05) is 20.8 Å². The highest BCUT2D eigenvalue weighted by Crippen LogP contribution is 2.53. The fraction of sp³-hybridized carbons (Fsp3) is 0.533. The largest absolute Gasteiger partial charge is 0.453 e. The zero-order chi connectivity index (χ0) is 31.0. The van der Waals surface area contributed by atoms with Crippen LogP contribution in [0.1, 0.15) is 50.2 Å². The normalized spacial score (nSPS) is 20.5. The molecular formula is C30H40Cl2FN3O6. The number of aliphatic hydroxyl groups is 1. The maximum absolute atomic E-state index is 15.9. The molecule has 42 heavy (non-hydrogen) atoms. The first-order valence-electron chi connectivity index (χ1n) is 13.7. The molecule has 3 N–H and O–H groups in total. The number of methoxy groups -OCH3 is 2. The maximum atomic E-state index is 15.9. The molecule has 0 bridgehead atoms. The molecule has 232 valence electrons. The molecule has 2 aromatic carbocycles. The monoisotopic (exact) mass is 627 g/mol. The lowest BCUT2D eigenvalue weighted by Gasteiger charge is -2.34. The van der Waals surface area contributed by atoms with Gasteiger partial charge in [-0.25, -0.2) is 9.18 Å². The lowest BCUT2D eigenvalue weighted by molar-refractivity contribution is -0.126. The molecule has 1 aliphatic heterocycles. The third kappa shape index (κ3) is 8.05. The van der Waals surface area contributed by atoms with Crippen LogP contribution in [-0.2, 0) is 19.0 Å². The topological polar surface area (TPSA) is 109 Å². The number of hydrogen-bond acceptors (Lipinski definition) is 7. The van der Waals surface area contributed by atoms with E-state index in [0.717, 1.165) is 0 Å². The third-order valence-corrected chi connectivity index (χ3v) is 7.76. The fourth-order valence-corrected chi connectivity index (χ4v) is 6.03. The van der Waals surface area contributed by atoms with Crippen molar-refractivity contribution < 1.29 is 33.3 Å². The number of amides is 2. The number of anilines is 1. The molecule has 2 amide bonds. The first-order valence-corrected chi connectivity index (χ1v) is 14.5. The number of hydrogen-bond donors (Lipinski definition) is 3. The van der Waals surface area contributed by atoms with Crippen LogP contribution in [0.25, 0.3) is 0 Å². The van der Waals surface area contributed by atoms with Crippen LogP contribution in [0.15, 0.2) is 36.4 Å². The van der Waals surface area contributed by atoms with Crippen LogP contribution in [0.3, 0.4) is 0 Å². The Balaban J connectivity index is 2.24. The number of rotatable bonds is 12. The second-order valence-corrected chi connectivity index (χ2v) is 12.2. The van der Waals surface area contributed by atoms with Gasteiger partial charge in [0.1, 0.15) is 18.6 Å². The molecule has 0 unspecified atom stereocenters. The minimum absolute atomic E-state index is 0.106. The lowest BCUT2D eigenvalue weighted by atomic mass is 9.73. The van der Waals surface area contributed by atoms with Gasteiger partial charge in [-0.1, -0.05) is 62.2 Å². The molecule has 0 saturated carbocycles. The molecule has 0 radical (unpaired) electrons. The number of aliphatic hydroxyl groups excluding tert-OH is 1. The number of halogens is 3. The van der Waals surface area contributed by atoms with Crippen LogP contribution in [0, 0.1) is 11.2 Å². The number of carbonyl (C=O) groups excluding carboxylic acids is 2. The molecule has 0 spiro atoms. The highest BCUT2D eigenvalue weighted by atomic mass is 35.5. The zero-order valence-corrected chi connectivity index (χ0v) is 26.1. The fourth-order valence-electron chi connectivity index (χ4n) is 5.68. The summed E-state index contributed by atoms with van der Waals surface area (Å²) < 4.78 is 31.6. The van der Waals surface area contributed by atoms with Gasteiger partial charge in [-0.2, -0.15) is 0 Å². The van der Waals surface area contributed by atoms with Crippen molar-refractivity contribution in [1.82, 2.24) is 10.2 Å². The number of nitrogens with one attached hydrogen (secondary N) is 2. The zero-order valence-electron chi connectivity index (χ0n) is 24.6. The van der Waals surface area contributed by atoms with E-state index >= 15 is 4.39 Å². The van der Waals surface area contributed by atoms with Crippen molar-refractivity contribution in [3.05, 3.63) is 63.4 Å². The Kier molecular flexibility index (Phi) is 12.3. The molecule has 1 saturated heterocycles. The van der Waals surface area contributed by atoms with Gasteiger partial charge in [-0.3, -0.25) is 9.69 Å². The molecule has 1 aliphatic rings. The van der Waals surface area contributed by atoms with Gasteiger partial charge >= 0.3 is 6.09 Å². The summed E-state index contributed by atoms with van der Waals surface area (Å²) in [5.41, 5.74) is 1.02. The Morgan fingerprint density at radius 1 is 1.05 bits per heavy atom. The number of likely N-dealkylation sites (tertiary alicyclic amines) is 1. The number of benzene rings is 2. The summed E-state index contributed by atoms with van der Waals surface area (Å²) in [6, 6.07) is 7.96. The van der Waals surface area contributed by atoms with Crippen molar-refractivity contribution in [2.75, 3.05) is 52.6 Å². The maximum Gasteiger partial charge on any atom is 0.410 e. The van der Waals surface area contributed by atoms with Gasteiger partial charge in [0.05, 0.1) is 32.0 Å². The summed E-state index contributed by atoms with van der Waals surface area (Å²) in [6.07, 6.45) is -0.280. The lowest BCUT2D eigenvalue weighted by Crippen LogP contribution is -2.51. The molecule has 1 fully saturated rings. The van der Waals surface area contributed by atoms with Crippen LogP contribution in [0.5, 0.6) is 0 Å². The highest BCUT2D eigenvalue weighted by molar-refractivity contribution is 6.31. The van der Waals surface area contributed by atoms with E-state index in [1.165, 1.54) is 18.1 Å². The standard InChI is InChI=1S/C30H40Cl2FN3O6/c1-30(2,3)16-23-24(19-10-9-18(31)15-22(19)35-17-37)25(20-7-6-8-21(32)26(20)33)27(36(23)29(39)41-5)28(38)34-11-12-42-14-13-40-4/h6-10,15,23-25,27,35,37H,11-14,16-17H2,1-5H3,(H,34,38)/t23-,24-,25-,27-/m1/s1. The summed E-state index contributed by atoms with van der Waals surface area (Å²) in [4.78, 5) is 29.0. The summed E-state index contributed by atoms with van der Waals surface area (Å²) in [6.45, 7) is 6.81. The Morgan fingerprint density at radius 2 is 1.79 bits per heavy atom. The predicted octanol–water partition coefficient (Wildman–Crippen LogP) is 5.40. The van der Waals surface area contributed by atoms with E-state index < -0.39 is 48.5 Å². The van der Waals surface area contributed by atoms with E-state index in [4.69, 9.17) is 37.4 Å². The smallest absolute Gasteiger partial charge is 0.410 e. The average Bonchev–Trinajstić information content (AvgIpc) is 3.24. The average molecular weight is 629 g/mol. The van der Waals surface area contributed by atoms with Crippen LogP contribution < -0.4 is 10.6 Å². The van der Waals surface area contributed by atoms with Gasteiger partial charge in [0.15, 0.2) is 0 Å². The Morgan fingerprint density at radius 3 is 2.43 bits per heavy atom. The SMILES string of the molecule is COCCOCCNC(=O)[C@H]1[C@H](c2cccc(Cl)c2F)[C@H](c2ccc(Cl)cc2NCO)[C@@H](CC(C)(C)C)N1C(=O)OC. The first-order chi connectivity index (χ1) is 19.9. The summed E-state index contributed by atoms with van der Waals surface area (Å²) in [7, 11) is 2.81. The van der Waals surface area contributed by atoms with Crippen molar-refractivity contribution in [2.24, 2.45) is 5.41 Å². The van der Waals surface area contributed by atoms with E-state index in [9.17, 15) is 14.7 Å². The van der Waals surface area contributed by atoms with Gasteiger partial charge in [-0.05, 0) is 41.2 Å². The van der Waals surface area contributed by atoms with Crippen molar-refractivity contribution in [2.45, 2.75) is 51.1 Å². The highest BCUT2D eigenvalue weighted by Gasteiger charge is 2.57. The van der Waals surface area contributed by atoms with E-state index in [0.29, 0.717) is 35.9 Å². The van der Waals surface area contributed by atoms with Gasteiger partial charge in [0.2, 0.25) is 5.91 Å². The molecule has 4 atom stereocenters. The Hall–Kier alpha value is -2.63. The van der Waals surface area contributed by atoms with Gasteiger partial charge in [0, 0.05) is 42.2 Å². The second kappa shape index (κ2) is 15.2. The van der Waals surface area contributed by atoms with Crippen molar-refractivity contribution in [3.8, 4) is 0 Å². The Bertz CT molecular complexity index is 1230. The third-order valence-electron chi connectivity index (χ3n) is 7.24. The predicted molar refractivity (Wildman–Crippen MR) is 161 cm³/mol. The minimum Gasteiger partial charge on any atom is -0.453 e. The van der Waals surface area contributed by atoms with Gasteiger partial charge in [0.25, 0.3) is 0 Å². The number of carbonyl (C=O) groups is 2. The van der Waals surface area contributed by atoms with E-state index in [2.05, 4.69) is 10.6 Å². The molecule has 0 aliphatic carbocycles. The number of ether oxygens (including phenoxy) is 3. The van der Waals surface area contributed by atoms with Crippen molar-refractivity contribution in [1.29, 1.82) is 0 Å². The van der Waals surface area contributed by atoms with Crippen LogP contribution in [-0.4, -0.2) is 81.4 Å². The summed E-state index contributed by atoms with van der Waals surface area (Å²) in [5.74, 6) is -2.69. The quantitative estimate of drug-likeness (QED) is 0.214. The minimum atomic E-state index is -1.17. The van der Waals surface area contributed by atoms with Crippen molar-refractivity contribution >= 4 is 40.9 Å². The summed E-state index contributed by atoms with van der Waals surface area (Å²) >= 11 is 12.6. The van der Waals surface area contributed by atoms with Crippen LogP contribution >= 0.6 is 23.2 Å². The molecule has 2 aromatic rings. The summed E-state index contributed by atoms with van der Waals surface area (Å²) in [5, 5.41) is 15.9. The van der Waals surface area contributed by atoms with E-state index in [1.54, 1.807) is 37.4 Å². The van der Waals surface area contributed by atoms with Gasteiger partial charge < -0.3 is 30.0 Å². The molecule has 9 nitrogen and oxygen atoms in total. The molecule has 3 rings (SSSR count). The second-order valence-electron chi connectivity index (χ2n) is 11.3.